The van der Waals surface area contributed by atoms with E-state index in [1.807, 2.05) is 24.4 Å². The second-order valence-electron chi connectivity index (χ2n) is 8.66. The Morgan fingerprint density at radius 2 is 1.76 bits per heavy atom. The molecule has 178 valence electrons. The van der Waals surface area contributed by atoms with Gasteiger partial charge >= 0.3 is 31.1 Å². The number of para-hydroxylation sites is 1. The molecule has 2 heterocycles. The van der Waals surface area contributed by atoms with Gasteiger partial charge in [-0.1, -0.05) is 19.1 Å². The van der Waals surface area contributed by atoms with Crippen LogP contribution in [0, 0.1) is 45.0 Å². The Labute approximate surface area is 227 Å². The van der Waals surface area contributed by atoms with Crippen molar-refractivity contribution in [2.75, 3.05) is 42.9 Å². The fourth-order valence-electron chi connectivity index (χ4n) is 4.58. The van der Waals surface area contributed by atoms with E-state index >= 15 is 0 Å². The summed E-state index contributed by atoms with van der Waals surface area (Å²) < 4.78 is 6.33. The molecule has 0 atom stereocenters. The zero-order valence-corrected chi connectivity index (χ0v) is 24.5. The van der Waals surface area contributed by atoms with Crippen LogP contribution in [0.2, 0.25) is 0 Å². The third-order valence-corrected chi connectivity index (χ3v) is 6.56. The van der Waals surface area contributed by atoms with Gasteiger partial charge in [-0.05, 0) is 49.7 Å². The number of rotatable bonds is 6. The monoisotopic (exact) mass is 683 g/mol. The van der Waals surface area contributed by atoms with E-state index in [0.29, 0.717) is 5.95 Å². The van der Waals surface area contributed by atoms with Crippen molar-refractivity contribution in [3.05, 3.63) is 62.5 Å². The Kier molecular flexibility index (Phi) is 10.1. The van der Waals surface area contributed by atoms with Gasteiger partial charge in [0.05, 0.1) is 6.10 Å². The molecule has 1 aromatic heterocycles. The molecule has 0 spiro atoms. The Morgan fingerprint density at radius 1 is 1.03 bits per heavy atom. The van der Waals surface area contributed by atoms with Crippen LogP contribution < -0.4 is 15.0 Å². The number of hydrogen-bond acceptors (Lipinski definition) is 6. The van der Waals surface area contributed by atoms with Crippen molar-refractivity contribution >= 4 is 28.2 Å². The molecule has 1 saturated heterocycles. The van der Waals surface area contributed by atoms with Gasteiger partial charge in [-0.15, -0.1) is 0 Å². The maximum absolute atomic E-state index is 6.33. The average molecular weight is 684 g/mol. The van der Waals surface area contributed by atoms with Gasteiger partial charge in [0.2, 0.25) is 5.95 Å². The summed E-state index contributed by atoms with van der Waals surface area (Å²) in [4.78, 5) is 14.3. The molecule has 0 bridgehead atoms. The van der Waals surface area contributed by atoms with Crippen LogP contribution >= 0.6 is 0 Å². The summed E-state index contributed by atoms with van der Waals surface area (Å²) in [7, 11) is 0. The number of aromatic nitrogens is 2. The van der Waals surface area contributed by atoms with Gasteiger partial charge in [-0.2, -0.15) is 12.8 Å². The van der Waals surface area contributed by atoms with Gasteiger partial charge in [0.1, 0.15) is 11.3 Å². The maximum atomic E-state index is 6.33. The van der Waals surface area contributed by atoms with Crippen LogP contribution in [0.5, 0.6) is 5.75 Å². The molecular weight excluding hydrogens is 648 g/mol. The van der Waals surface area contributed by atoms with Crippen LogP contribution in [0.4, 0.5) is 17.3 Å². The van der Waals surface area contributed by atoms with E-state index in [-0.39, 0.29) is 44.6 Å². The van der Waals surface area contributed by atoms with E-state index in [9.17, 15) is 0 Å². The van der Waals surface area contributed by atoms with Crippen LogP contribution in [-0.2, 0) is 0 Å². The predicted octanol–water partition coefficient (Wildman–Crippen LogP) is 5.49. The zero-order valence-electron chi connectivity index (χ0n) is 20.3. The number of likely N-dealkylation sites (N-methyl/N-ethyl adjacent to an activating group) is 1. The van der Waals surface area contributed by atoms with Crippen molar-refractivity contribution in [3.8, 4) is 5.75 Å². The number of fused-ring (bicyclic) bond motifs is 1. The van der Waals surface area contributed by atoms with E-state index in [1.165, 1.54) is 5.69 Å². The van der Waals surface area contributed by atoms with E-state index in [4.69, 9.17) is 9.72 Å². The fourth-order valence-corrected chi connectivity index (χ4v) is 4.58. The molecule has 1 aliphatic carbocycles. The minimum absolute atomic E-state index is 0. The second kappa shape index (κ2) is 12.8. The number of anilines is 3. The number of nitrogens with one attached hydrogen (secondary N) is 1. The molecule has 5 rings (SSSR count). The molecule has 3 aromatic rings. The molecular formula is C27H35N5OU. The number of benzene rings is 2. The minimum atomic E-state index is 0. The molecule has 0 unspecified atom stereocenters. The van der Waals surface area contributed by atoms with Crippen molar-refractivity contribution < 1.29 is 35.9 Å². The maximum Gasteiger partial charge on any atom is 2.00 e. The van der Waals surface area contributed by atoms with E-state index in [1.54, 1.807) is 0 Å². The van der Waals surface area contributed by atoms with Crippen molar-refractivity contribution in [1.29, 1.82) is 0 Å². The number of ether oxygens (including phenoxy) is 1. The quantitative estimate of drug-likeness (QED) is 0.347. The van der Waals surface area contributed by atoms with Crippen molar-refractivity contribution in [2.45, 2.75) is 38.7 Å². The molecule has 6 nitrogen and oxygen atoms in total. The summed E-state index contributed by atoms with van der Waals surface area (Å²) in [6, 6.07) is 14.6. The Bertz CT molecular complexity index is 1030. The molecule has 34 heavy (non-hydrogen) atoms. The Morgan fingerprint density at radius 3 is 2.47 bits per heavy atom. The number of nitrogens with zero attached hydrogens (tertiary/aromatic N) is 4. The SMILES string of the molecule is CCN1CCN(c2ccc(Nc3ncc4cccc(OC5CC[CH-]CC5)c4n3)cc2)CC1.[CH3-].[U+2]. The van der Waals surface area contributed by atoms with Gasteiger partial charge in [0, 0.05) is 49.1 Å². The molecule has 2 aromatic carbocycles. The fraction of sp³-hybridized carbons (Fsp3) is 0.407. The molecule has 1 N–H and O–H groups in total. The zero-order chi connectivity index (χ0) is 21.8. The Hall–Kier alpha value is -1.81. The van der Waals surface area contributed by atoms with Crippen LogP contribution in [0.25, 0.3) is 10.9 Å². The average Bonchev–Trinajstić information content (AvgIpc) is 2.86. The van der Waals surface area contributed by atoms with Crippen LogP contribution in [0.3, 0.4) is 0 Å². The third kappa shape index (κ3) is 6.44. The molecule has 2 aliphatic rings. The second-order valence-corrected chi connectivity index (χ2v) is 8.66. The van der Waals surface area contributed by atoms with Gasteiger partial charge in [0.15, 0.2) is 0 Å². The summed E-state index contributed by atoms with van der Waals surface area (Å²) >= 11 is 0. The smallest absolute Gasteiger partial charge is 0.488 e. The molecule has 0 amide bonds. The summed E-state index contributed by atoms with van der Waals surface area (Å²) in [5, 5.41) is 4.36. The van der Waals surface area contributed by atoms with Crippen LogP contribution in [0.1, 0.15) is 32.6 Å². The third-order valence-electron chi connectivity index (χ3n) is 6.56. The standard InChI is InChI=1S/C26H32N5O.CH3.U/c1-2-30-15-17-31(18-16-30)22-13-11-21(12-14-22)28-26-27-19-20-7-6-10-24(25(20)29-26)32-23-8-4-3-5-9-23;;/h3,6-7,10-14,19,23H,2,4-5,8-9,15-18H2,1H3,(H,27,28,29);1H3;/q2*-1;+2. The summed E-state index contributed by atoms with van der Waals surface area (Å²) in [6.07, 6.45) is 8.89. The molecule has 0 radical (unpaired) electrons. The molecule has 1 aliphatic heterocycles. The van der Waals surface area contributed by atoms with E-state index in [0.717, 1.165) is 80.7 Å². The van der Waals surface area contributed by atoms with E-state index < -0.39 is 0 Å². The molecule has 7 heteroatoms. The van der Waals surface area contributed by atoms with Crippen LogP contribution in [-0.4, -0.2) is 53.7 Å². The minimum Gasteiger partial charge on any atom is -0.488 e. The normalized spacial score (nSPS) is 17.0. The van der Waals surface area contributed by atoms with Crippen molar-refractivity contribution in [2.24, 2.45) is 0 Å². The first kappa shape index (κ1) is 26.8. The number of hydrogen-bond donors (Lipinski definition) is 1. The molecule has 1 saturated carbocycles. The first-order chi connectivity index (χ1) is 15.8. The van der Waals surface area contributed by atoms with Crippen molar-refractivity contribution in [3.63, 3.8) is 0 Å². The van der Waals surface area contributed by atoms with Gasteiger partial charge in [0.25, 0.3) is 0 Å². The number of piperazine rings is 1. The largest absolute Gasteiger partial charge is 2.00 e. The summed E-state index contributed by atoms with van der Waals surface area (Å²) in [5.74, 6) is 1.44. The van der Waals surface area contributed by atoms with Crippen LogP contribution in [0.15, 0.2) is 48.7 Å². The summed E-state index contributed by atoms with van der Waals surface area (Å²) in [6.45, 7) is 7.78. The van der Waals surface area contributed by atoms with Gasteiger partial charge in [-0.25, -0.2) is 9.97 Å². The topological polar surface area (TPSA) is 53.5 Å². The van der Waals surface area contributed by atoms with Gasteiger partial charge in [-0.3, -0.25) is 0 Å². The predicted molar refractivity (Wildman–Crippen MR) is 137 cm³/mol. The van der Waals surface area contributed by atoms with Crippen molar-refractivity contribution in [1.82, 2.24) is 14.9 Å². The Balaban J connectivity index is 0.00000162. The van der Waals surface area contributed by atoms with E-state index in [2.05, 4.69) is 57.7 Å². The first-order valence-corrected chi connectivity index (χ1v) is 11.9. The van der Waals surface area contributed by atoms with Gasteiger partial charge < -0.3 is 33.7 Å². The summed E-state index contributed by atoms with van der Waals surface area (Å²) in [5.41, 5.74) is 3.12. The molecule has 2 fully saturated rings. The first-order valence-electron chi connectivity index (χ1n) is 11.9.